The van der Waals surface area contributed by atoms with E-state index in [-0.39, 0.29) is 11.5 Å². The van der Waals surface area contributed by atoms with Gasteiger partial charge >= 0.3 is 7.94 Å². The summed E-state index contributed by atoms with van der Waals surface area (Å²) in [5.41, 5.74) is 0.563. The second-order valence-corrected chi connectivity index (χ2v) is 8.40. The monoisotopic (exact) mass is 437 g/mol. The van der Waals surface area contributed by atoms with Crippen LogP contribution in [0.25, 0.3) is 0 Å². The predicted octanol–water partition coefficient (Wildman–Crippen LogP) is -1.53. The number of anilines is 1. The van der Waals surface area contributed by atoms with Gasteiger partial charge in [0.1, 0.15) is 18.3 Å². The highest BCUT2D eigenvalue weighted by atomic mass is 31.2. The summed E-state index contributed by atoms with van der Waals surface area (Å²) in [4.78, 5) is 24.2. The zero-order chi connectivity index (χ0) is 21.8. The summed E-state index contributed by atoms with van der Waals surface area (Å²) in [7, 11) is -3.21. The number of aliphatic hydroxyl groups is 4. The number of carbonyl (C=O) groups is 1. The lowest BCUT2D eigenvalue weighted by Crippen LogP contribution is -2.60. The highest BCUT2D eigenvalue weighted by molar-refractivity contribution is 7.60. The summed E-state index contributed by atoms with van der Waals surface area (Å²) >= 11 is 0. The van der Waals surface area contributed by atoms with Crippen molar-refractivity contribution in [1.29, 1.82) is 0 Å². The van der Waals surface area contributed by atoms with Gasteiger partial charge in [0.05, 0.1) is 6.61 Å². The van der Waals surface area contributed by atoms with Crippen molar-refractivity contribution in [1.82, 2.24) is 0 Å². The van der Waals surface area contributed by atoms with Crippen LogP contribution in [0.2, 0.25) is 0 Å². The Kier molecular flexibility index (Phi) is 8.40. The average molecular weight is 437 g/mol. The molecule has 1 amide bonds. The summed E-state index contributed by atoms with van der Waals surface area (Å²) in [6.45, 7) is 0.703. The third-order valence-corrected chi connectivity index (χ3v) is 6.13. The van der Waals surface area contributed by atoms with Gasteiger partial charge in [-0.05, 0) is 12.1 Å². The van der Waals surface area contributed by atoms with E-state index in [1.54, 1.807) is 0 Å². The summed E-state index contributed by atoms with van der Waals surface area (Å²) < 4.78 is 20.1. The van der Waals surface area contributed by atoms with Gasteiger partial charge < -0.3 is 35.2 Å². The van der Waals surface area contributed by atoms with Gasteiger partial charge in [-0.25, -0.2) is 0 Å². The second kappa shape index (κ2) is 10.2. The number of hydrogen-bond donors (Lipinski definition) is 6. The minimum absolute atomic E-state index is 0.115. The van der Waals surface area contributed by atoms with Crippen LogP contribution in [0.1, 0.15) is 18.3 Å². The number of methoxy groups -OCH3 is 1. The lowest BCUT2D eigenvalue weighted by Gasteiger charge is -2.40. The highest BCUT2D eigenvalue weighted by Crippen LogP contribution is 2.67. The Bertz CT molecular complexity index is 664. The number of hydrogen-bond acceptors (Lipinski definition) is 9. The van der Waals surface area contributed by atoms with Crippen molar-refractivity contribution < 1.29 is 54.6 Å². The number of ether oxygens (including phenoxy) is 2. The Morgan fingerprint density at radius 1 is 1.31 bits per heavy atom. The van der Waals surface area contributed by atoms with Crippen molar-refractivity contribution in [3.05, 3.63) is 29.8 Å². The molecule has 29 heavy (non-hydrogen) atoms. The van der Waals surface area contributed by atoms with E-state index in [0.717, 1.165) is 0 Å². The number of rotatable bonds is 8. The van der Waals surface area contributed by atoms with E-state index in [1.807, 2.05) is 0 Å². The van der Waals surface area contributed by atoms with Gasteiger partial charge in [-0.2, -0.15) is 10.4 Å². The molecule has 2 unspecified atom stereocenters. The van der Waals surface area contributed by atoms with E-state index in [4.69, 9.17) is 14.0 Å². The molecule has 0 bridgehead atoms. The molecule has 1 heterocycles. The minimum Gasteiger partial charge on any atom is -0.394 e. The standard InChI is InChI=1S/C16H25N2O10P/c1-8(20)18-10-5-3-9(4-6-10)15(23)29(24,28-17)27-14-12(21)11(7-19)26-16(25-2)13(14)22/h3-6,11-16,19,21-23H,7H2,1-2,17H3/q+1/p+1/t11-,12+,13-,14+,15?,16-,29?/m1/s1. The van der Waals surface area contributed by atoms with Crippen LogP contribution in [-0.2, 0) is 28.3 Å². The summed E-state index contributed by atoms with van der Waals surface area (Å²) in [5.74, 6) is 0.968. The van der Waals surface area contributed by atoms with Crippen LogP contribution in [0, 0.1) is 0 Å². The molecule has 1 saturated heterocycles. The number of aliphatic hydroxyl groups excluding tert-OH is 4. The van der Waals surface area contributed by atoms with Crippen molar-refractivity contribution in [2.75, 3.05) is 19.0 Å². The lowest BCUT2D eigenvalue weighted by atomic mass is 9.99. The smallest absolute Gasteiger partial charge is 0.394 e. The van der Waals surface area contributed by atoms with E-state index in [0.29, 0.717) is 5.69 Å². The van der Waals surface area contributed by atoms with Crippen LogP contribution in [0.15, 0.2) is 24.3 Å². The quantitative estimate of drug-likeness (QED) is 0.207. The van der Waals surface area contributed by atoms with Crippen LogP contribution in [0.5, 0.6) is 0 Å². The molecule has 0 saturated carbocycles. The molecule has 163 valence electrons. The number of benzene rings is 1. The molecule has 2 rings (SSSR count). The van der Waals surface area contributed by atoms with E-state index in [2.05, 4.69) is 15.8 Å². The maximum Gasteiger partial charge on any atom is 0.552 e. The fourth-order valence-electron chi connectivity index (χ4n) is 2.83. The number of carbonyl (C=O) groups excluding carboxylic acids is 1. The Morgan fingerprint density at radius 2 is 1.93 bits per heavy atom. The predicted molar refractivity (Wildman–Crippen MR) is 96.9 cm³/mol. The highest BCUT2D eigenvalue weighted by Gasteiger charge is 2.62. The van der Waals surface area contributed by atoms with Gasteiger partial charge in [0.25, 0.3) is 5.85 Å². The normalized spacial score (nSPS) is 30.4. The minimum atomic E-state index is -4.43. The third kappa shape index (κ3) is 5.45. The molecule has 13 heteroatoms. The molecule has 1 aromatic carbocycles. The summed E-state index contributed by atoms with van der Waals surface area (Å²) in [5, 5.41) is 43.0. The fraction of sp³-hybridized carbons (Fsp3) is 0.562. The molecular weight excluding hydrogens is 411 g/mol. The SMILES string of the molecule is CO[C@@H]1O[C@H](CO)[C@H](O)[C@H](O[P+]([O])(O[NH3+])C(O)c2ccc(NC(C)=O)cc2)[C@H]1O. The van der Waals surface area contributed by atoms with Gasteiger partial charge in [0, 0.05) is 34.8 Å². The Hall–Kier alpha value is -1.28. The van der Waals surface area contributed by atoms with E-state index >= 15 is 0 Å². The maximum absolute atomic E-state index is 13.1. The summed E-state index contributed by atoms with van der Waals surface area (Å²) in [6.07, 6.45) is -7.25. The fourth-order valence-corrected chi connectivity index (χ4v) is 4.27. The number of amides is 1. The van der Waals surface area contributed by atoms with Crippen LogP contribution in [0.4, 0.5) is 5.69 Å². The maximum atomic E-state index is 13.1. The van der Waals surface area contributed by atoms with Gasteiger partial charge in [0.2, 0.25) is 5.91 Å². The van der Waals surface area contributed by atoms with Crippen LogP contribution in [-0.4, -0.2) is 70.8 Å². The molecule has 7 atom stereocenters. The van der Waals surface area contributed by atoms with E-state index in [9.17, 15) is 30.1 Å². The third-order valence-electron chi connectivity index (χ3n) is 4.33. The van der Waals surface area contributed by atoms with Crippen molar-refractivity contribution in [2.45, 2.75) is 43.5 Å². The van der Waals surface area contributed by atoms with Crippen LogP contribution in [0.3, 0.4) is 0 Å². The van der Waals surface area contributed by atoms with Gasteiger partial charge in [0.15, 0.2) is 12.4 Å². The van der Waals surface area contributed by atoms with Crippen molar-refractivity contribution >= 4 is 19.5 Å². The van der Waals surface area contributed by atoms with E-state index < -0.39 is 51.1 Å². The van der Waals surface area contributed by atoms with Crippen molar-refractivity contribution in [2.24, 2.45) is 0 Å². The molecule has 1 fully saturated rings. The topological polar surface area (TPSA) is 194 Å². The first-order valence-corrected chi connectivity index (χ1v) is 10.2. The molecule has 12 nitrogen and oxygen atoms in total. The number of quaternary nitrogens is 1. The zero-order valence-electron chi connectivity index (χ0n) is 15.9. The Morgan fingerprint density at radius 3 is 2.41 bits per heavy atom. The van der Waals surface area contributed by atoms with Crippen LogP contribution >= 0.6 is 7.94 Å². The molecular formula is C16H26N2O10P+2. The van der Waals surface area contributed by atoms with Crippen LogP contribution < -0.4 is 11.2 Å². The zero-order valence-corrected chi connectivity index (χ0v) is 16.8. The Labute approximate surface area is 167 Å². The lowest BCUT2D eigenvalue weighted by molar-refractivity contribution is -0.644. The average Bonchev–Trinajstić information content (AvgIpc) is 2.71. The molecule has 1 aliphatic rings. The van der Waals surface area contributed by atoms with Gasteiger partial charge in [-0.1, -0.05) is 12.1 Å². The largest absolute Gasteiger partial charge is 0.552 e. The molecule has 1 aliphatic heterocycles. The first-order chi connectivity index (χ1) is 13.7. The number of nitrogens with one attached hydrogen (secondary N) is 1. The van der Waals surface area contributed by atoms with Gasteiger partial charge in [-0.3, -0.25) is 4.79 Å². The molecule has 1 aromatic rings. The van der Waals surface area contributed by atoms with Gasteiger partial charge in [-0.15, -0.1) is 0 Å². The van der Waals surface area contributed by atoms with Crippen molar-refractivity contribution in [3.8, 4) is 0 Å². The first-order valence-electron chi connectivity index (χ1n) is 8.59. The first kappa shape index (κ1) is 24.0. The molecule has 1 radical (unpaired) electrons. The molecule has 0 aliphatic carbocycles. The second-order valence-electron chi connectivity index (χ2n) is 6.36. The molecule has 8 N–H and O–H groups in total. The summed E-state index contributed by atoms with van der Waals surface area (Å²) in [6, 6.07) is 5.70. The molecule has 0 aromatic heterocycles. The van der Waals surface area contributed by atoms with E-state index in [1.165, 1.54) is 38.3 Å². The van der Waals surface area contributed by atoms with Crippen molar-refractivity contribution in [3.63, 3.8) is 0 Å². The molecule has 0 spiro atoms. The Balaban J connectivity index is 2.23.